The molecule has 0 atom stereocenters. The zero-order chi connectivity index (χ0) is 13.0. The Bertz CT molecular complexity index is 526. The van der Waals surface area contributed by atoms with Crippen LogP contribution < -0.4 is 4.74 Å². The van der Waals surface area contributed by atoms with Gasteiger partial charge in [-0.05, 0) is 18.6 Å². The lowest BCUT2D eigenvalue weighted by molar-refractivity contribution is 0.317. The molecule has 0 fully saturated rings. The van der Waals surface area contributed by atoms with Crippen molar-refractivity contribution in [3.63, 3.8) is 0 Å². The molecule has 3 nitrogen and oxygen atoms in total. The molecule has 5 heteroatoms. The van der Waals surface area contributed by atoms with Gasteiger partial charge in [0.15, 0.2) is 0 Å². The topological polar surface area (TPSA) is 35.0 Å². The largest absolute Gasteiger partial charge is 0.493 e. The van der Waals surface area contributed by atoms with Crippen LogP contribution in [0.3, 0.4) is 0 Å². The van der Waals surface area contributed by atoms with Gasteiger partial charge in [-0.3, -0.25) is 0 Å². The first-order valence-corrected chi connectivity index (χ1v) is 6.28. The highest BCUT2D eigenvalue weighted by atomic mass is 35.5. The molecule has 0 amide bonds. The fourth-order valence-electron chi connectivity index (χ4n) is 1.52. The van der Waals surface area contributed by atoms with Gasteiger partial charge in [0.05, 0.1) is 6.61 Å². The van der Waals surface area contributed by atoms with Gasteiger partial charge in [-0.1, -0.05) is 41.4 Å². The Labute approximate surface area is 116 Å². The van der Waals surface area contributed by atoms with Crippen molar-refractivity contribution in [3.05, 3.63) is 52.0 Å². The van der Waals surface area contributed by atoms with E-state index in [0.717, 1.165) is 11.3 Å². The van der Waals surface area contributed by atoms with Crippen LogP contribution in [-0.2, 0) is 6.42 Å². The summed E-state index contributed by atoms with van der Waals surface area (Å²) in [5.74, 6) is 1.45. The van der Waals surface area contributed by atoms with E-state index in [2.05, 4.69) is 9.97 Å². The van der Waals surface area contributed by atoms with Gasteiger partial charge in [0.25, 0.3) is 0 Å². The smallest absolute Gasteiger partial charge is 0.135 e. The van der Waals surface area contributed by atoms with E-state index < -0.39 is 0 Å². The lowest BCUT2D eigenvalue weighted by Crippen LogP contribution is -2.05. The molecule has 0 bridgehead atoms. The molecule has 0 N–H and O–H groups in total. The van der Waals surface area contributed by atoms with Crippen LogP contribution >= 0.6 is 23.2 Å². The monoisotopic (exact) mass is 282 g/mol. The van der Waals surface area contributed by atoms with Gasteiger partial charge in [-0.2, -0.15) is 0 Å². The molecule has 0 spiro atoms. The van der Waals surface area contributed by atoms with Crippen LogP contribution in [0.1, 0.15) is 11.4 Å². The molecule has 1 heterocycles. The maximum atomic E-state index is 5.79. The van der Waals surface area contributed by atoms with Crippen LogP contribution in [-0.4, -0.2) is 16.6 Å². The summed E-state index contributed by atoms with van der Waals surface area (Å²) in [6.07, 6.45) is 0.564. The van der Waals surface area contributed by atoms with Gasteiger partial charge in [0.1, 0.15) is 21.9 Å². The predicted molar refractivity (Wildman–Crippen MR) is 72.4 cm³/mol. The molecule has 0 aliphatic heterocycles. The normalized spacial score (nSPS) is 10.4. The minimum atomic E-state index is 0.348. The fourth-order valence-corrected chi connectivity index (χ4v) is 1.97. The zero-order valence-electron chi connectivity index (χ0n) is 9.86. The van der Waals surface area contributed by atoms with Crippen LogP contribution in [0.4, 0.5) is 0 Å². The minimum Gasteiger partial charge on any atom is -0.493 e. The highest BCUT2D eigenvalue weighted by Crippen LogP contribution is 2.17. The number of halogens is 2. The van der Waals surface area contributed by atoms with Crippen molar-refractivity contribution in [2.45, 2.75) is 13.3 Å². The van der Waals surface area contributed by atoms with Crippen LogP contribution in [0.25, 0.3) is 0 Å². The number of aryl methyl sites for hydroxylation is 1. The molecule has 0 radical (unpaired) electrons. The maximum absolute atomic E-state index is 5.79. The molecule has 1 aromatic heterocycles. The SMILES string of the molecule is Cc1ccccc1OCCc1nc(Cl)cc(Cl)n1. The maximum Gasteiger partial charge on any atom is 0.135 e. The first-order chi connectivity index (χ1) is 8.65. The Morgan fingerprint density at radius 2 is 1.78 bits per heavy atom. The zero-order valence-corrected chi connectivity index (χ0v) is 11.4. The van der Waals surface area contributed by atoms with Gasteiger partial charge in [0, 0.05) is 12.5 Å². The highest BCUT2D eigenvalue weighted by Gasteiger charge is 2.03. The van der Waals surface area contributed by atoms with Crippen LogP contribution in [0.5, 0.6) is 5.75 Å². The highest BCUT2D eigenvalue weighted by molar-refractivity contribution is 6.33. The van der Waals surface area contributed by atoms with Crippen molar-refractivity contribution in [3.8, 4) is 5.75 Å². The van der Waals surface area contributed by atoms with E-state index in [-0.39, 0.29) is 0 Å². The number of hydrogen-bond donors (Lipinski definition) is 0. The lowest BCUT2D eigenvalue weighted by Gasteiger charge is -2.08. The van der Waals surface area contributed by atoms with Crippen molar-refractivity contribution in [2.24, 2.45) is 0 Å². The van der Waals surface area contributed by atoms with E-state index in [1.54, 1.807) is 0 Å². The number of rotatable bonds is 4. The molecule has 0 aliphatic carbocycles. The van der Waals surface area contributed by atoms with E-state index >= 15 is 0 Å². The van der Waals surface area contributed by atoms with E-state index in [9.17, 15) is 0 Å². The Hall–Kier alpha value is -1.32. The molecule has 2 aromatic rings. The Morgan fingerprint density at radius 3 is 2.44 bits per heavy atom. The molecule has 0 unspecified atom stereocenters. The van der Waals surface area contributed by atoms with E-state index in [4.69, 9.17) is 27.9 Å². The third kappa shape index (κ3) is 3.59. The molecule has 94 valence electrons. The molecule has 0 saturated carbocycles. The lowest BCUT2D eigenvalue weighted by atomic mass is 10.2. The summed E-state index contributed by atoms with van der Waals surface area (Å²) in [4.78, 5) is 8.16. The number of hydrogen-bond acceptors (Lipinski definition) is 3. The van der Waals surface area contributed by atoms with Crippen molar-refractivity contribution in [1.29, 1.82) is 0 Å². The third-order valence-electron chi connectivity index (χ3n) is 2.39. The number of ether oxygens (including phenoxy) is 1. The Morgan fingerprint density at radius 1 is 1.11 bits per heavy atom. The third-order valence-corrected chi connectivity index (χ3v) is 2.77. The molecule has 0 aliphatic rings. The summed E-state index contributed by atoms with van der Waals surface area (Å²) in [7, 11) is 0. The first-order valence-electron chi connectivity index (χ1n) is 5.52. The Balaban J connectivity index is 1.94. The van der Waals surface area contributed by atoms with Crippen LogP contribution in [0.2, 0.25) is 10.3 Å². The summed E-state index contributed by atoms with van der Waals surface area (Å²) in [5, 5.41) is 0.696. The summed E-state index contributed by atoms with van der Waals surface area (Å²) in [6, 6.07) is 9.36. The number of nitrogens with zero attached hydrogens (tertiary/aromatic N) is 2. The van der Waals surface area contributed by atoms with Crippen molar-refractivity contribution in [2.75, 3.05) is 6.61 Å². The molecular weight excluding hydrogens is 271 g/mol. The summed E-state index contributed by atoms with van der Waals surface area (Å²) in [5.41, 5.74) is 1.10. The van der Waals surface area contributed by atoms with Crippen molar-refractivity contribution in [1.82, 2.24) is 9.97 Å². The average molecular weight is 283 g/mol. The molecule has 2 rings (SSSR count). The minimum absolute atomic E-state index is 0.348. The standard InChI is InChI=1S/C13H12Cl2N2O/c1-9-4-2-3-5-10(9)18-7-6-13-16-11(14)8-12(15)17-13/h2-5,8H,6-7H2,1H3. The Kier molecular flexibility index (Phi) is 4.39. The number of aromatic nitrogens is 2. The molecule has 1 aromatic carbocycles. The molecule has 18 heavy (non-hydrogen) atoms. The molecule has 0 saturated heterocycles. The van der Waals surface area contributed by atoms with Gasteiger partial charge in [-0.25, -0.2) is 9.97 Å². The molecular formula is C13H12Cl2N2O. The summed E-state index contributed by atoms with van der Waals surface area (Å²) in [6.45, 7) is 2.49. The quantitative estimate of drug-likeness (QED) is 0.802. The van der Waals surface area contributed by atoms with E-state index in [1.165, 1.54) is 6.07 Å². The van der Waals surface area contributed by atoms with Crippen molar-refractivity contribution < 1.29 is 4.74 Å². The van der Waals surface area contributed by atoms with Crippen molar-refractivity contribution >= 4 is 23.2 Å². The summed E-state index contributed by atoms with van der Waals surface area (Å²) < 4.78 is 5.65. The van der Waals surface area contributed by atoms with E-state index in [0.29, 0.717) is 29.2 Å². The predicted octanol–water partition coefficient (Wildman–Crippen LogP) is 3.71. The average Bonchev–Trinajstić information content (AvgIpc) is 2.30. The summed E-state index contributed by atoms with van der Waals surface area (Å²) >= 11 is 11.6. The fraction of sp³-hybridized carbons (Fsp3) is 0.231. The van der Waals surface area contributed by atoms with Gasteiger partial charge in [-0.15, -0.1) is 0 Å². The second-order valence-electron chi connectivity index (χ2n) is 3.79. The second-order valence-corrected chi connectivity index (χ2v) is 4.57. The number of para-hydroxylation sites is 1. The second kappa shape index (κ2) is 6.03. The van der Waals surface area contributed by atoms with Crippen LogP contribution in [0, 0.1) is 6.92 Å². The van der Waals surface area contributed by atoms with E-state index in [1.807, 2.05) is 31.2 Å². The number of benzene rings is 1. The van der Waals surface area contributed by atoms with Gasteiger partial charge in [0.2, 0.25) is 0 Å². The van der Waals surface area contributed by atoms with Gasteiger partial charge < -0.3 is 4.74 Å². The van der Waals surface area contributed by atoms with Crippen LogP contribution in [0.15, 0.2) is 30.3 Å². The first kappa shape index (κ1) is 13.1. The van der Waals surface area contributed by atoms with Gasteiger partial charge >= 0.3 is 0 Å².